The van der Waals surface area contributed by atoms with Crippen molar-refractivity contribution in [2.75, 3.05) is 13.2 Å². The van der Waals surface area contributed by atoms with E-state index in [1.54, 1.807) is 0 Å². The highest BCUT2D eigenvalue weighted by atomic mass is 16.5. The Hall–Kier alpha value is -1.40. The first kappa shape index (κ1) is 81.6. The standard InChI is InChI=1S/C77H151NO5/c1-3-5-7-9-11-13-15-17-19-21-23-24-25-28-31-34-37-41-45-49-53-57-61-65-69-75(80)74(73-79)78-76(81)70-66-62-58-54-50-46-42-38-35-32-29-26-27-30-33-36-40-44-48-52-56-60-64-68-72-83-77(82)71-67-63-59-55-51-47-43-39-22-20-18-16-14-12-10-8-6-4-2/h20,22,74-75,79-80H,3-19,21,23-73H2,1-2H3,(H,78,81)/b22-20-. The SMILES string of the molecule is CCCCCCCCC/C=C\CCCCCCCCCC(=O)OCCCCCCCCCCCCCCCCCCCCCCCCCCC(=O)NC(CO)C(O)CCCCCCCCCCCCCCCCCCCCCCCCCC. The van der Waals surface area contributed by atoms with Crippen LogP contribution < -0.4 is 5.32 Å². The van der Waals surface area contributed by atoms with E-state index in [4.69, 9.17) is 4.74 Å². The van der Waals surface area contributed by atoms with Crippen molar-refractivity contribution >= 4 is 11.9 Å². The molecule has 0 saturated carbocycles. The Kier molecular flexibility index (Phi) is 71.8. The van der Waals surface area contributed by atoms with Gasteiger partial charge in [0, 0.05) is 12.8 Å². The van der Waals surface area contributed by atoms with Gasteiger partial charge in [0.25, 0.3) is 0 Å². The smallest absolute Gasteiger partial charge is 0.305 e. The Labute approximate surface area is 520 Å². The summed E-state index contributed by atoms with van der Waals surface area (Å²) in [6.45, 7) is 5.00. The van der Waals surface area contributed by atoms with Crippen LogP contribution in [0.1, 0.15) is 444 Å². The average Bonchev–Trinajstić information content (AvgIpc) is 3.49. The maximum Gasteiger partial charge on any atom is 0.305 e. The van der Waals surface area contributed by atoms with E-state index in [9.17, 15) is 19.8 Å². The average molecular weight is 1170 g/mol. The molecule has 6 nitrogen and oxygen atoms in total. The van der Waals surface area contributed by atoms with Gasteiger partial charge >= 0.3 is 5.97 Å². The van der Waals surface area contributed by atoms with Crippen molar-refractivity contribution in [1.29, 1.82) is 0 Å². The Bertz CT molecular complexity index is 1260. The van der Waals surface area contributed by atoms with E-state index in [0.29, 0.717) is 25.9 Å². The van der Waals surface area contributed by atoms with Crippen molar-refractivity contribution in [3.8, 4) is 0 Å². The second-order valence-electron chi connectivity index (χ2n) is 26.7. The molecule has 0 saturated heterocycles. The number of ether oxygens (including phenoxy) is 1. The normalized spacial score (nSPS) is 12.5. The number of aliphatic hydroxyl groups is 2. The molecule has 0 radical (unpaired) electrons. The van der Waals surface area contributed by atoms with E-state index in [1.807, 2.05) is 0 Å². The van der Waals surface area contributed by atoms with Gasteiger partial charge in [-0.2, -0.15) is 0 Å². The van der Waals surface area contributed by atoms with E-state index in [2.05, 4.69) is 31.3 Å². The molecule has 0 aromatic rings. The summed E-state index contributed by atoms with van der Waals surface area (Å²) in [5, 5.41) is 23.5. The number of carbonyl (C=O) groups is 2. The minimum atomic E-state index is -0.665. The van der Waals surface area contributed by atoms with E-state index >= 15 is 0 Å². The molecule has 0 aliphatic carbocycles. The third-order valence-corrected chi connectivity index (χ3v) is 18.3. The number of allylic oxidation sites excluding steroid dienone is 2. The fraction of sp³-hybridized carbons (Fsp3) is 0.948. The van der Waals surface area contributed by atoms with Crippen molar-refractivity contribution in [2.24, 2.45) is 0 Å². The summed E-state index contributed by atoms with van der Waals surface area (Å²) in [4.78, 5) is 24.7. The molecule has 0 rings (SSSR count). The van der Waals surface area contributed by atoms with Gasteiger partial charge in [0.1, 0.15) is 0 Å². The first-order chi connectivity index (χ1) is 41.0. The minimum Gasteiger partial charge on any atom is -0.466 e. The predicted octanol–water partition coefficient (Wildman–Crippen LogP) is 25.1. The molecule has 0 spiro atoms. The highest BCUT2D eigenvalue weighted by molar-refractivity contribution is 5.76. The maximum atomic E-state index is 12.6. The van der Waals surface area contributed by atoms with Crippen LogP contribution in [0.25, 0.3) is 0 Å². The summed E-state index contributed by atoms with van der Waals surface area (Å²) in [6, 6.07) is -0.542. The molecule has 0 aliphatic heterocycles. The molecule has 0 aromatic heterocycles. The summed E-state index contributed by atoms with van der Waals surface area (Å²) < 4.78 is 5.51. The Morgan fingerprint density at radius 3 is 0.855 bits per heavy atom. The van der Waals surface area contributed by atoms with Crippen LogP contribution in [-0.2, 0) is 14.3 Å². The topological polar surface area (TPSA) is 95.9 Å². The summed E-state index contributed by atoms with van der Waals surface area (Å²) in [6.07, 6.45) is 91.4. The Balaban J connectivity index is 3.36. The number of hydrogen-bond donors (Lipinski definition) is 3. The number of aliphatic hydroxyl groups excluding tert-OH is 2. The van der Waals surface area contributed by atoms with Crippen LogP contribution in [0, 0.1) is 0 Å². The van der Waals surface area contributed by atoms with Gasteiger partial charge in [-0.3, -0.25) is 9.59 Å². The number of esters is 1. The Morgan fingerprint density at radius 2 is 0.566 bits per heavy atom. The molecule has 3 N–H and O–H groups in total. The van der Waals surface area contributed by atoms with Crippen LogP contribution in [0.2, 0.25) is 0 Å². The lowest BCUT2D eigenvalue weighted by molar-refractivity contribution is -0.143. The zero-order chi connectivity index (χ0) is 59.9. The number of amides is 1. The Morgan fingerprint density at radius 1 is 0.325 bits per heavy atom. The molecule has 0 aromatic carbocycles. The van der Waals surface area contributed by atoms with Crippen molar-refractivity contribution in [1.82, 2.24) is 5.32 Å². The van der Waals surface area contributed by atoms with Crippen LogP contribution in [0.3, 0.4) is 0 Å². The van der Waals surface area contributed by atoms with Gasteiger partial charge in [-0.15, -0.1) is 0 Å². The lowest BCUT2D eigenvalue weighted by Crippen LogP contribution is -2.45. The number of carbonyl (C=O) groups excluding carboxylic acids is 2. The minimum absolute atomic E-state index is 0.0141. The number of hydrogen-bond acceptors (Lipinski definition) is 5. The van der Waals surface area contributed by atoms with Crippen molar-refractivity contribution in [3.63, 3.8) is 0 Å². The summed E-state index contributed by atoms with van der Waals surface area (Å²) in [5.41, 5.74) is 0. The monoisotopic (exact) mass is 1170 g/mol. The van der Waals surface area contributed by atoms with Crippen LogP contribution in [-0.4, -0.2) is 47.4 Å². The van der Waals surface area contributed by atoms with E-state index in [0.717, 1.165) is 44.9 Å². The molecule has 0 heterocycles. The number of rotatable bonds is 73. The molecule has 83 heavy (non-hydrogen) atoms. The van der Waals surface area contributed by atoms with E-state index in [-0.39, 0.29) is 18.5 Å². The summed E-state index contributed by atoms with van der Waals surface area (Å²) >= 11 is 0. The molecule has 494 valence electrons. The van der Waals surface area contributed by atoms with Gasteiger partial charge in [-0.25, -0.2) is 0 Å². The summed E-state index contributed by atoms with van der Waals surface area (Å²) in [7, 11) is 0. The van der Waals surface area contributed by atoms with Crippen LogP contribution in [0.4, 0.5) is 0 Å². The first-order valence-corrected chi connectivity index (χ1v) is 38.4. The van der Waals surface area contributed by atoms with Crippen molar-refractivity contribution < 1.29 is 24.5 Å². The van der Waals surface area contributed by atoms with Crippen LogP contribution in [0.15, 0.2) is 12.2 Å². The first-order valence-electron chi connectivity index (χ1n) is 38.4. The molecule has 2 unspecified atom stereocenters. The van der Waals surface area contributed by atoms with Crippen molar-refractivity contribution in [2.45, 2.75) is 456 Å². The number of nitrogens with one attached hydrogen (secondary N) is 1. The quantitative estimate of drug-likeness (QED) is 0.0320. The third-order valence-electron chi connectivity index (χ3n) is 18.3. The molecule has 0 fully saturated rings. The molecule has 6 heteroatoms. The molecule has 0 bridgehead atoms. The molecule has 0 aliphatic rings. The largest absolute Gasteiger partial charge is 0.466 e. The molecular weight excluding hydrogens is 1020 g/mol. The second-order valence-corrected chi connectivity index (χ2v) is 26.7. The van der Waals surface area contributed by atoms with Gasteiger partial charge in [-0.1, -0.05) is 392 Å². The van der Waals surface area contributed by atoms with E-state index < -0.39 is 12.1 Å². The summed E-state index contributed by atoms with van der Waals surface area (Å²) in [5.74, 6) is -0.0138. The maximum absolute atomic E-state index is 12.6. The highest BCUT2D eigenvalue weighted by Gasteiger charge is 2.20. The van der Waals surface area contributed by atoms with Gasteiger partial charge in [-0.05, 0) is 51.4 Å². The zero-order valence-corrected chi connectivity index (χ0v) is 56.7. The van der Waals surface area contributed by atoms with Gasteiger partial charge in [0.05, 0.1) is 25.4 Å². The van der Waals surface area contributed by atoms with Gasteiger partial charge in [0.2, 0.25) is 5.91 Å². The van der Waals surface area contributed by atoms with Gasteiger partial charge < -0.3 is 20.3 Å². The molecule has 1 amide bonds. The van der Waals surface area contributed by atoms with Gasteiger partial charge in [0.15, 0.2) is 0 Å². The molecule has 2 atom stereocenters. The lowest BCUT2D eigenvalue weighted by Gasteiger charge is -2.22. The number of unbranched alkanes of at least 4 members (excludes halogenated alkanes) is 60. The fourth-order valence-corrected chi connectivity index (χ4v) is 12.5. The van der Waals surface area contributed by atoms with E-state index in [1.165, 1.54) is 366 Å². The van der Waals surface area contributed by atoms with Crippen molar-refractivity contribution in [3.05, 3.63) is 12.2 Å². The third kappa shape index (κ3) is 69.6. The lowest BCUT2D eigenvalue weighted by atomic mass is 10.0. The highest BCUT2D eigenvalue weighted by Crippen LogP contribution is 2.20. The zero-order valence-electron chi connectivity index (χ0n) is 56.7. The fourth-order valence-electron chi connectivity index (χ4n) is 12.5. The predicted molar refractivity (Wildman–Crippen MR) is 366 cm³/mol. The molecular formula is C77H151NO5. The second kappa shape index (κ2) is 73.1. The van der Waals surface area contributed by atoms with Crippen LogP contribution in [0.5, 0.6) is 0 Å². The van der Waals surface area contributed by atoms with Crippen LogP contribution >= 0.6 is 0 Å².